The van der Waals surface area contributed by atoms with Crippen molar-refractivity contribution >= 4 is 23.4 Å². The summed E-state index contributed by atoms with van der Waals surface area (Å²) in [6, 6.07) is 0. The number of nitrogens with one attached hydrogen (secondary N) is 1. The molecule has 6 heteroatoms. The van der Waals surface area contributed by atoms with Crippen molar-refractivity contribution in [3.05, 3.63) is 20.7 Å². The lowest BCUT2D eigenvalue weighted by atomic mass is 9.94. The van der Waals surface area contributed by atoms with Crippen molar-refractivity contribution in [3.8, 4) is 0 Å². The van der Waals surface area contributed by atoms with E-state index < -0.39 is 0 Å². The summed E-state index contributed by atoms with van der Waals surface area (Å²) in [4.78, 5) is 16.5. The van der Waals surface area contributed by atoms with E-state index in [2.05, 4.69) is 4.99 Å². The Morgan fingerprint density at radius 2 is 2.50 bits per heavy atom. The van der Waals surface area contributed by atoms with Crippen LogP contribution in [0.1, 0.15) is 30.7 Å². The Morgan fingerprint density at radius 3 is 3.11 bits per heavy atom. The lowest BCUT2D eigenvalue weighted by Crippen LogP contribution is -2.24. The van der Waals surface area contributed by atoms with Crippen LogP contribution in [-0.4, -0.2) is 23.2 Å². The molecular weight excluding hydrogens is 250 g/mol. The second-order valence-corrected chi connectivity index (χ2v) is 5.39. The van der Waals surface area contributed by atoms with Crippen LogP contribution in [0.3, 0.4) is 0 Å². The van der Waals surface area contributed by atoms with Crippen LogP contribution >= 0.6 is 11.3 Å². The number of aryl methyl sites for hydroxylation is 1. The molecule has 0 radical (unpaired) electrons. The van der Waals surface area contributed by atoms with Crippen LogP contribution in [0.15, 0.2) is 16.0 Å². The Hall–Kier alpha value is -1.27. The molecule has 2 rings (SSSR count). The highest BCUT2D eigenvalue weighted by Gasteiger charge is 2.28. The molecule has 1 N–H and O–H groups in total. The summed E-state index contributed by atoms with van der Waals surface area (Å²) in [6.07, 6.45) is 4.96. The van der Waals surface area contributed by atoms with Gasteiger partial charge in [0.15, 0.2) is 0 Å². The molecule has 0 amide bonds. The summed E-state index contributed by atoms with van der Waals surface area (Å²) in [5.74, 6) is 0.538. The fraction of sp³-hybridized carbons (Fsp3) is 0.583. The maximum atomic E-state index is 11.5. The van der Waals surface area contributed by atoms with E-state index in [4.69, 9.17) is 10.1 Å². The monoisotopic (exact) mass is 267 g/mol. The maximum absolute atomic E-state index is 11.5. The largest absolute Gasteiger partial charge is 0.373 e. The minimum absolute atomic E-state index is 0.0254. The average molecular weight is 267 g/mol. The third kappa shape index (κ3) is 2.76. The highest BCUT2D eigenvalue weighted by Crippen LogP contribution is 2.33. The van der Waals surface area contributed by atoms with Gasteiger partial charge < -0.3 is 9.30 Å². The number of amidine groups is 1. The van der Waals surface area contributed by atoms with Gasteiger partial charge >= 0.3 is 4.87 Å². The fourth-order valence-corrected chi connectivity index (χ4v) is 2.98. The van der Waals surface area contributed by atoms with Gasteiger partial charge in [0.1, 0.15) is 5.84 Å². The molecule has 2 unspecified atom stereocenters. The first-order valence-corrected chi connectivity index (χ1v) is 6.78. The Kier molecular flexibility index (Phi) is 4.08. The topological polar surface area (TPSA) is 67.4 Å². The van der Waals surface area contributed by atoms with Gasteiger partial charge in [-0.2, -0.15) is 0 Å². The van der Waals surface area contributed by atoms with E-state index in [1.54, 1.807) is 17.8 Å². The summed E-state index contributed by atoms with van der Waals surface area (Å²) >= 11 is 1.22. The van der Waals surface area contributed by atoms with E-state index in [1.165, 1.54) is 11.3 Å². The molecule has 2 atom stereocenters. The summed E-state index contributed by atoms with van der Waals surface area (Å²) in [5.41, 5.74) is 0. The van der Waals surface area contributed by atoms with Gasteiger partial charge in [-0.05, 0) is 19.8 Å². The van der Waals surface area contributed by atoms with Gasteiger partial charge in [0.25, 0.3) is 0 Å². The number of thiazole rings is 1. The molecule has 1 saturated heterocycles. The summed E-state index contributed by atoms with van der Waals surface area (Å²) < 4.78 is 7.27. The number of hydrogen-bond donors (Lipinski definition) is 1. The van der Waals surface area contributed by atoms with Crippen molar-refractivity contribution in [1.82, 2.24) is 4.57 Å². The Balaban J connectivity index is 2.11. The molecule has 1 aromatic rings. The summed E-state index contributed by atoms with van der Waals surface area (Å²) in [6.45, 7) is 2.43. The Bertz CT molecular complexity index is 518. The number of ether oxygens (including phenoxy) is 1. The molecule has 2 heterocycles. The minimum Gasteiger partial charge on any atom is -0.373 e. The molecule has 18 heavy (non-hydrogen) atoms. The lowest BCUT2D eigenvalue weighted by molar-refractivity contribution is 0.00451. The normalized spacial score (nSPS) is 24.6. The van der Waals surface area contributed by atoms with Crippen molar-refractivity contribution in [2.45, 2.75) is 25.9 Å². The first-order valence-electron chi connectivity index (χ1n) is 5.97. The van der Waals surface area contributed by atoms with Crippen LogP contribution in [0.2, 0.25) is 0 Å². The standard InChI is InChI=1S/C12H17N3O2S/c1-3-14-11(13)8-4-5-17-9(6-8)10-7-15(2)12(16)18-10/h3,7-9,13H,4-6H2,1-2H3. The van der Waals surface area contributed by atoms with Crippen LogP contribution in [0.4, 0.5) is 0 Å². The number of aliphatic imine (C=N–C) groups is 1. The van der Waals surface area contributed by atoms with Gasteiger partial charge in [0.05, 0.1) is 11.0 Å². The van der Waals surface area contributed by atoms with Gasteiger partial charge in [0, 0.05) is 32.0 Å². The van der Waals surface area contributed by atoms with E-state index in [0.29, 0.717) is 12.4 Å². The zero-order valence-corrected chi connectivity index (χ0v) is 11.4. The van der Waals surface area contributed by atoms with Crippen molar-refractivity contribution in [3.63, 3.8) is 0 Å². The van der Waals surface area contributed by atoms with Gasteiger partial charge in [-0.15, -0.1) is 0 Å². The molecule has 0 aromatic carbocycles. The SMILES string of the molecule is CC=NC(=N)C1CCOC(c2cn(C)c(=O)s2)C1. The second-order valence-electron chi connectivity index (χ2n) is 4.36. The smallest absolute Gasteiger partial charge is 0.307 e. The molecule has 1 aliphatic rings. The third-order valence-electron chi connectivity index (χ3n) is 3.07. The quantitative estimate of drug-likeness (QED) is 0.657. The molecule has 98 valence electrons. The fourth-order valence-electron chi connectivity index (χ4n) is 2.08. The summed E-state index contributed by atoms with van der Waals surface area (Å²) in [7, 11) is 1.74. The number of nitrogens with zero attached hydrogens (tertiary/aromatic N) is 2. The van der Waals surface area contributed by atoms with Crippen LogP contribution < -0.4 is 4.87 Å². The zero-order valence-electron chi connectivity index (χ0n) is 10.5. The Morgan fingerprint density at radius 1 is 1.72 bits per heavy atom. The number of hydrogen-bond acceptors (Lipinski definition) is 4. The highest BCUT2D eigenvalue weighted by atomic mass is 32.1. The predicted octanol–water partition coefficient (Wildman–Crippen LogP) is 1.98. The zero-order chi connectivity index (χ0) is 13.1. The second kappa shape index (κ2) is 5.58. The minimum atomic E-state index is -0.0740. The first-order chi connectivity index (χ1) is 8.61. The lowest BCUT2D eigenvalue weighted by Gasteiger charge is -2.27. The molecule has 0 spiro atoms. The van der Waals surface area contributed by atoms with E-state index in [1.807, 2.05) is 13.1 Å². The van der Waals surface area contributed by atoms with Gasteiger partial charge in [-0.25, -0.2) is 4.99 Å². The van der Waals surface area contributed by atoms with Gasteiger partial charge in [0.2, 0.25) is 0 Å². The van der Waals surface area contributed by atoms with Crippen LogP contribution in [0, 0.1) is 11.3 Å². The van der Waals surface area contributed by atoms with Crippen LogP contribution in [-0.2, 0) is 11.8 Å². The molecular formula is C12H17N3O2S. The van der Waals surface area contributed by atoms with Crippen LogP contribution in [0.5, 0.6) is 0 Å². The van der Waals surface area contributed by atoms with Crippen molar-refractivity contribution in [2.75, 3.05) is 6.61 Å². The third-order valence-corrected chi connectivity index (χ3v) is 4.14. The van der Waals surface area contributed by atoms with Crippen LogP contribution in [0.25, 0.3) is 0 Å². The molecule has 0 saturated carbocycles. The maximum Gasteiger partial charge on any atom is 0.307 e. The predicted molar refractivity (Wildman–Crippen MR) is 72.9 cm³/mol. The first kappa shape index (κ1) is 13.2. The molecule has 0 aliphatic carbocycles. The van der Waals surface area contributed by atoms with Gasteiger partial charge in [-0.1, -0.05) is 11.3 Å². The van der Waals surface area contributed by atoms with E-state index in [-0.39, 0.29) is 16.9 Å². The molecule has 1 fully saturated rings. The molecule has 0 bridgehead atoms. The summed E-state index contributed by atoms with van der Waals surface area (Å²) in [5, 5.41) is 7.87. The molecule has 1 aliphatic heterocycles. The number of rotatable bonds is 2. The van der Waals surface area contributed by atoms with E-state index in [0.717, 1.165) is 17.7 Å². The number of aromatic nitrogens is 1. The van der Waals surface area contributed by atoms with Crippen molar-refractivity contribution < 1.29 is 4.74 Å². The van der Waals surface area contributed by atoms with Crippen molar-refractivity contribution in [2.24, 2.45) is 18.0 Å². The molecule has 1 aromatic heterocycles. The van der Waals surface area contributed by atoms with Gasteiger partial charge in [-0.3, -0.25) is 10.2 Å². The Labute approximate surface area is 110 Å². The van der Waals surface area contributed by atoms with Crippen molar-refractivity contribution in [1.29, 1.82) is 5.41 Å². The average Bonchev–Trinajstić information content (AvgIpc) is 2.70. The highest BCUT2D eigenvalue weighted by molar-refractivity contribution is 7.09. The molecule has 5 nitrogen and oxygen atoms in total. The van der Waals surface area contributed by atoms with E-state index in [9.17, 15) is 4.79 Å². The van der Waals surface area contributed by atoms with E-state index >= 15 is 0 Å².